The Kier molecular flexibility index (Phi) is 13.2. The Hall–Kier alpha value is -5.31. The molecule has 1 saturated carbocycles. The van der Waals surface area contributed by atoms with Crippen LogP contribution in [0.25, 0.3) is 0 Å². The van der Waals surface area contributed by atoms with Crippen LogP contribution in [0.3, 0.4) is 0 Å². The minimum atomic E-state index is -1.35. The van der Waals surface area contributed by atoms with Gasteiger partial charge in [0.05, 0.1) is 38.2 Å². The Morgan fingerprint density at radius 2 is 1.28 bits per heavy atom. The maximum absolute atomic E-state index is 12.3. The molecule has 53 heavy (non-hydrogen) atoms. The van der Waals surface area contributed by atoms with Crippen LogP contribution in [0.4, 0.5) is 17.6 Å². The Balaban J connectivity index is 0.000000206. The number of piperidine rings is 1. The molecule has 3 heterocycles. The highest BCUT2D eigenvalue weighted by Gasteiger charge is 2.46. The Bertz CT molecular complexity index is 1950. The van der Waals surface area contributed by atoms with E-state index < -0.39 is 22.7 Å². The molecule has 2 aromatic carbocycles. The molecule has 0 bridgehead atoms. The van der Waals surface area contributed by atoms with Gasteiger partial charge in [-0.15, -0.1) is 0 Å². The molecule has 2 aromatic heterocycles. The van der Waals surface area contributed by atoms with Crippen LogP contribution >= 0.6 is 0 Å². The summed E-state index contributed by atoms with van der Waals surface area (Å²) in [5, 5.41) is 6.56. The van der Waals surface area contributed by atoms with Crippen LogP contribution in [-0.2, 0) is 33.4 Å². The number of nitrogens with one attached hydrogen (secondary N) is 2. The molecule has 2 aliphatic rings. The predicted molar refractivity (Wildman–Crippen MR) is 202 cm³/mol. The number of carbonyl (C=O) groups is 2. The fourth-order valence-corrected chi connectivity index (χ4v) is 6.47. The first-order valence-corrected chi connectivity index (χ1v) is 19.0. The van der Waals surface area contributed by atoms with E-state index in [0.29, 0.717) is 42.8 Å². The van der Waals surface area contributed by atoms with Crippen molar-refractivity contribution in [3.63, 3.8) is 0 Å². The van der Waals surface area contributed by atoms with Crippen LogP contribution in [0.2, 0.25) is 0 Å². The lowest BCUT2D eigenvalue weighted by atomic mass is 10.1. The summed E-state index contributed by atoms with van der Waals surface area (Å²) in [6.07, 6.45) is 5.71. The minimum Gasteiger partial charge on any atom is -0.496 e. The summed E-state index contributed by atoms with van der Waals surface area (Å²) in [7, 11) is 1.94. The van der Waals surface area contributed by atoms with E-state index in [1.54, 1.807) is 34.3 Å². The zero-order valence-electron chi connectivity index (χ0n) is 31.2. The number of benzene rings is 2. The fourth-order valence-electron chi connectivity index (χ4n) is 6.05. The van der Waals surface area contributed by atoms with Crippen LogP contribution in [0.5, 0.6) is 11.5 Å². The summed E-state index contributed by atoms with van der Waals surface area (Å²) in [5.74, 6) is 3.78. The third-order valence-corrected chi connectivity index (χ3v) is 9.60. The van der Waals surface area contributed by atoms with Crippen LogP contribution in [0.1, 0.15) is 63.2 Å². The third kappa shape index (κ3) is 9.97. The Morgan fingerprint density at radius 3 is 1.74 bits per heavy atom. The van der Waals surface area contributed by atoms with Gasteiger partial charge in [0, 0.05) is 44.8 Å². The van der Waals surface area contributed by atoms with E-state index in [2.05, 4.69) is 41.5 Å². The first-order chi connectivity index (χ1) is 25.5. The molecule has 1 aliphatic heterocycles. The maximum Gasteiger partial charge on any atom is 0.343 e. The second-order valence-electron chi connectivity index (χ2n) is 12.7. The van der Waals surface area contributed by atoms with Gasteiger partial charge in [-0.2, -0.15) is 4.98 Å². The molecular weight excluding hydrogens is 699 g/mol. The van der Waals surface area contributed by atoms with Gasteiger partial charge in [0.1, 0.15) is 34.3 Å². The average molecular weight is 746 g/mol. The van der Waals surface area contributed by atoms with Crippen molar-refractivity contribution in [3.8, 4) is 11.5 Å². The highest BCUT2D eigenvalue weighted by atomic mass is 32.2. The molecule has 6 rings (SSSR count). The zero-order valence-corrected chi connectivity index (χ0v) is 32.0. The summed E-state index contributed by atoms with van der Waals surface area (Å²) >= 11 is 0. The molecule has 2 fully saturated rings. The molecule has 4 aromatic rings. The average Bonchev–Trinajstić information content (AvgIpc) is 3.77. The van der Waals surface area contributed by atoms with Gasteiger partial charge < -0.3 is 34.5 Å². The number of rotatable bonds is 14. The van der Waals surface area contributed by atoms with Gasteiger partial charge in [-0.05, 0) is 80.3 Å². The highest BCUT2D eigenvalue weighted by molar-refractivity contribution is 7.84. The van der Waals surface area contributed by atoms with E-state index in [9.17, 15) is 13.8 Å². The molecule has 2 N–H and O–H groups in total. The highest BCUT2D eigenvalue weighted by Crippen LogP contribution is 2.45. The molecule has 1 aliphatic carbocycles. The van der Waals surface area contributed by atoms with E-state index in [1.165, 1.54) is 18.9 Å². The van der Waals surface area contributed by atoms with Crippen LogP contribution in [0, 0.1) is 25.7 Å². The van der Waals surface area contributed by atoms with E-state index >= 15 is 0 Å². The standard InChI is InChI=1S/C21H26N4O3.C17H21N3O4S/c1-4-28-20(26)17-10-23-21(25-11-15-8-16(15)12-25)24-19(17)22-9-14-5-6-18(27-3)13(2)7-14;1-5-24-16(21)13-10-19-17(25(4)22)20-15(13)18-9-12-6-7-14(23-3)11(2)8-12/h5-7,10,15-16H,4,8-9,11-12H2,1-3H3,(H,22,23,24);6-8,10H,5,9H2,1-4H3,(H,18,19,20). The smallest absolute Gasteiger partial charge is 0.343 e. The van der Waals surface area contributed by atoms with Crippen molar-refractivity contribution in [2.75, 3.05) is 62.3 Å². The van der Waals surface area contributed by atoms with Gasteiger partial charge in [0.2, 0.25) is 11.1 Å². The molecule has 15 heteroatoms. The molecule has 0 amide bonds. The lowest BCUT2D eigenvalue weighted by Crippen LogP contribution is -2.25. The number of methoxy groups -OCH3 is 2. The van der Waals surface area contributed by atoms with Crippen molar-refractivity contribution in [2.45, 2.75) is 52.4 Å². The van der Waals surface area contributed by atoms with E-state index in [1.807, 2.05) is 44.2 Å². The number of esters is 2. The number of ether oxygens (including phenoxy) is 4. The number of aryl methyl sites for hydroxylation is 2. The molecule has 0 radical (unpaired) electrons. The molecule has 3 atom stereocenters. The summed E-state index contributed by atoms with van der Waals surface area (Å²) < 4.78 is 32.4. The van der Waals surface area contributed by atoms with Crippen molar-refractivity contribution in [1.29, 1.82) is 0 Å². The number of carbonyl (C=O) groups excluding carboxylic acids is 2. The second-order valence-corrected chi connectivity index (χ2v) is 14.0. The SMILES string of the molecule is CCOC(=O)c1cnc(N2CC3CC3C2)nc1NCc1ccc(OC)c(C)c1.CCOC(=O)c1cnc(S(C)=O)nc1NCc1ccc(OC)c(C)c1. The normalized spacial score (nSPS) is 16.0. The summed E-state index contributed by atoms with van der Waals surface area (Å²) in [6, 6.07) is 11.8. The molecule has 1 saturated heterocycles. The van der Waals surface area contributed by atoms with Crippen LogP contribution in [0.15, 0.2) is 53.9 Å². The Morgan fingerprint density at radius 1 is 0.792 bits per heavy atom. The molecule has 0 spiro atoms. The number of hydrogen-bond acceptors (Lipinski definition) is 14. The molecule has 3 unspecified atom stereocenters. The quantitative estimate of drug-likeness (QED) is 0.125. The number of nitrogens with zero attached hydrogens (tertiary/aromatic N) is 5. The minimum absolute atomic E-state index is 0.154. The maximum atomic E-state index is 12.3. The molecular formula is C38H47N7O7S. The van der Waals surface area contributed by atoms with Crippen molar-refractivity contribution in [3.05, 3.63) is 82.2 Å². The third-order valence-electron chi connectivity index (χ3n) is 8.89. The number of anilines is 3. The zero-order chi connectivity index (χ0) is 38.1. The van der Waals surface area contributed by atoms with Gasteiger partial charge in [-0.3, -0.25) is 4.21 Å². The van der Waals surface area contributed by atoms with Gasteiger partial charge in [-0.25, -0.2) is 24.5 Å². The van der Waals surface area contributed by atoms with E-state index in [0.717, 1.165) is 58.7 Å². The van der Waals surface area contributed by atoms with E-state index in [4.69, 9.17) is 18.9 Å². The van der Waals surface area contributed by atoms with Crippen LogP contribution < -0.4 is 25.0 Å². The monoisotopic (exact) mass is 745 g/mol. The molecule has 14 nitrogen and oxygen atoms in total. The van der Waals surface area contributed by atoms with Crippen molar-refractivity contribution >= 4 is 40.3 Å². The first kappa shape index (κ1) is 38.9. The Labute approximate surface area is 312 Å². The number of aromatic nitrogens is 4. The predicted octanol–water partition coefficient (Wildman–Crippen LogP) is 5.36. The van der Waals surface area contributed by atoms with Gasteiger partial charge >= 0.3 is 11.9 Å². The topological polar surface area (TPSA) is 167 Å². The fraction of sp³-hybridized carbons (Fsp3) is 0.421. The van der Waals surface area contributed by atoms with Gasteiger partial charge in [0.25, 0.3) is 0 Å². The molecule has 282 valence electrons. The van der Waals surface area contributed by atoms with Crippen molar-refractivity contribution in [2.24, 2.45) is 11.8 Å². The van der Waals surface area contributed by atoms with Gasteiger partial charge in [0.15, 0.2) is 0 Å². The van der Waals surface area contributed by atoms with Gasteiger partial charge in [-0.1, -0.05) is 24.3 Å². The largest absolute Gasteiger partial charge is 0.496 e. The lowest BCUT2D eigenvalue weighted by molar-refractivity contribution is 0.0516. The summed E-state index contributed by atoms with van der Waals surface area (Å²) in [5.41, 5.74) is 4.71. The number of hydrogen-bond donors (Lipinski definition) is 2. The lowest BCUT2D eigenvalue weighted by Gasteiger charge is -2.19. The second kappa shape index (κ2) is 17.9. The van der Waals surface area contributed by atoms with Crippen molar-refractivity contribution in [1.82, 2.24) is 19.9 Å². The van der Waals surface area contributed by atoms with Crippen molar-refractivity contribution < 1.29 is 32.7 Å². The van der Waals surface area contributed by atoms with Crippen LogP contribution in [-0.4, -0.2) is 82.9 Å². The van der Waals surface area contributed by atoms with E-state index in [-0.39, 0.29) is 17.3 Å². The summed E-state index contributed by atoms with van der Waals surface area (Å²) in [6.45, 7) is 11.0. The first-order valence-electron chi connectivity index (χ1n) is 17.5. The number of fused-ring (bicyclic) bond motifs is 1. The summed E-state index contributed by atoms with van der Waals surface area (Å²) in [4.78, 5) is 43.9.